The number of para-hydroxylation sites is 1. The molecule has 0 saturated heterocycles. The maximum atomic E-state index is 14.0. The number of anilines is 1. The fraction of sp³-hybridized carbons (Fsp3) is 0.324. The monoisotopic (exact) mass is 621 g/mol. The number of hydrogen-bond acceptors (Lipinski definition) is 5. The zero-order valence-corrected chi connectivity index (χ0v) is 26.0. The summed E-state index contributed by atoms with van der Waals surface area (Å²) < 4.78 is 13.8. The Labute approximate surface area is 268 Å². The van der Waals surface area contributed by atoms with Gasteiger partial charge in [-0.15, -0.1) is 0 Å². The van der Waals surface area contributed by atoms with E-state index in [1.54, 1.807) is 31.4 Å². The molecule has 0 unspecified atom stereocenters. The summed E-state index contributed by atoms with van der Waals surface area (Å²) in [5, 5.41) is 12.9. The molecule has 4 aromatic rings. The molecule has 1 aliphatic carbocycles. The van der Waals surface area contributed by atoms with Crippen LogP contribution < -0.4 is 10.1 Å². The number of aliphatic carboxylic acids is 1. The number of rotatable bonds is 10. The third kappa shape index (κ3) is 6.70. The standard InChI is InChI=1S/C37H39N3O6/c1-45-21-19-39(24-33(41)38-28-15-11-25(12-16-28)13-18-34(42)43)37(44)27-14-17-29-31(23-27)40-20-22-46-32-10-6-5-9-30(32)36(40)35(29)26-7-3-2-4-8-26/h5-6,9-18,23,26H,2-4,7-8,19-22,24H2,1H3,(H,38,41)(H,42,43). The lowest BCUT2D eigenvalue weighted by atomic mass is 9.81. The molecule has 0 spiro atoms. The van der Waals surface area contributed by atoms with Crippen molar-refractivity contribution in [3.05, 3.63) is 89.5 Å². The second-order valence-corrected chi connectivity index (χ2v) is 11.9. The number of carbonyl (C=O) groups excluding carboxylic acids is 2. The van der Waals surface area contributed by atoms with E-state index in [2.05, 4.69) is 28.1 Å². The number of benzene rings is 3. The predicted molar refractivity (Wildman–Crippen MR) is 178 cm³/mol. The Balaban J connectivity index is 1.30. The lowest BCUT2D eigenvalue weighted by Gasteiger charge is -2.23. The highest BCUT2D eigenvalue weighted by atomic mass is 16.5. The Morgan fingerprint density at radius 3 is 2.59 bits per heavy atom. The first-order valence-corrected chi connectivity index (χ1v) is 15.9. The minimum Gasteiger partial charge on any atom is -0.491 e. The average Bonchev–Trinajstić information content (AvgIpc) is 3.27. The van der Waals surface area contributed by atoms with Crippen LogP contribution in [0.5, 0.6) is 5.75 Å². The van der Waals surface area contributed by atoms with Gasteiger partial charge < -0.3 is 29.4 Å². The van der Waals surface area contributed by atoms with Crippen LogP contribution in [0.2, 0.25) is 0 Å². The van der Waals surface area contributed by atoms with Gasteiger partial charge in [0.15, 0.2) is 0 Å². The summed E-state index contributed by atoms with van der Waals surface area (Å²) in [5.41, 5.74) is 6.40. The summed E-state index contributed by atoms with van der Waals surface area (Å²) in [5.74, 6) is -0.286. The number of aromatic nitrogens is 1. The summed E-state index contributed by atoms with van der Waals surface area (Å²) in [7, 11) is 1.57. The first kappa shape index (κ1) is 31.1. The second-order valence-electron chi connectivity index (χ2n) is 11.9. The molecule has 1 saturated carbocycles. The van der Waals surface area contributed by atoms with E-state index >= 15 is 0 Å². The topological polar surface area (TPSA) is 110 Å². The van der Waals surface area contributed by atoms with Crippen molar-refractivity contribution in [2.45, 2.75) is 44.6 Å². The fourth-order valence-electron chi connectivity index (χ4n) is 6.73. The van der Waals surface area contributed by atoms with Crippen LogP contribution in [0.3, 0.4) is 0 Å². The number of nitrogens with zero attached hydrogens (tertiary/aromatic N) is 2. The highest BCUT2D eigenvalue weighted by Crippen LogP contribution is 2.47. The summed E-state index contributed by atoms with van der Waals surface area (Å²) in [6.45, 7) is 1.59. The van der Waals surface area contributed by atoms with Crippen molar-refractivity contribution >= 4 is 40.4 Å². The summed E-state index contributed by atoms with van der Waals surface area (Å²) in [6, 6.07) is 21.0. The van der Waals surface area contributed by atoms with Crippen LogP contribution in [0.15, 0.2) is 72.8 Å². The molecule has 3 aromatic carbocycles. The summed E-state index contributed by atoms with van der Waals surface area (Å²) >= 11 is 0. The molecule has 2 heterocycles. The molecule has 2 amide bonds. The molecule has 1 aliphatic heterocycles. The van der Waals surface area contributed by atoms with Gasteiger partial charge in [0.25, 0.3) is 5.91 Å². The van der Waals surface area contributed by atoms with E-state index in [0.717, 1.165) is 35.7 Å². The summed E-state index contributed by atoms with van der Waals surface area (Å²) in [4.78, 5) is 39.4. The lowest BCUT2D eigenvalue weighted by molar-refractivity contribution is -0.131. The van der Waals surface area contributed by atoms with Crippen molar-refractivity contribution in [1.29, 1.82) is 0 Å². The van der Waals surface area contributed by atoms with Gasteiger partial charge >= 0.3 is 5.97 Å². The SMILES string of the molecule is COCCN(CC(=O)Nc1ccc(C=CC(=O)O)cc1)C(=O)c1ccc2c(C3CCCCC3)c3n(c2c1)CCOc1ccccc1-3. The molecule has 0 bridgehead atoms. The number of amides is 2. The van der Waals surface area contributed by atoms with E-state index in [-0.39, 0.29) is 31.5 Å². The van der Waals surface area contributed by atoms with Crippen molar-refractivity contribution in [1.82, 2.24) is 9.47 Å². The zero-order chi connectivity index (χ0) is 32.0. The van der Waals surface area contributed by atoms with Crippen molar-refractivity contribution < 1.29 is 29.0 Å². The quantitative estimate of drug-likeness (QED) is 0.194. The zero-order valence-electron chi connectivity index (χ0n) is 26.0. The number of fused-ring (bicyclic) bond motifs is 5. The smallest absolute Gasteiger partial charge is 0.328 e. The van der Waals surface area contributed by atoms with Crippen LogP contribution in [-0.2, 0) is 20.9 Å². The molecular formula is C37H39N3O6. The van der Waals surface area contributed by atoms with E-state index < -0.39 is 5.97 Å². The minimum absolute atomic E-state index is 0.151. The number of nitrogens with one attached hydrogen (secondary N) is 1. The number of methoxy groups -OCH3 is 1. The second kappa shape index (κ2) is 14.0. The molecule has 238 valence electrons. The number of carboxylic acids is 1. The molecule has 0 atom stereocenters. The van der Waals surface area contributed by atoms with E-state index in [0.29, 0.717) is 35.9 Å². The average molecular weight is 622 g/mol. The third-order valence-corrected chi connectivity index (χ3v) is 8.88. The van der Waals surface area contributed by atoms with Crippen LogP contribution in [0.25, 0.3) is 28.2 Å². The van der Waals surface area contributed by atoms with E-state index in [1.807, 2.05) is 24.3 Å². The normalized spacial score (nSPS) is 14.7. The molecule has 1 aromatic heterocycles. The van der Waals surface area contributed by atoms with Gasteiger partial charge in [0.1, 0.15) is 18.9 Å². The number of hydrogen-bond donors (Lipinski definition) is 2. The molecule has 1 fully saturated rings. The van der Waals surface area contributed by atoms with E-state index in [1.165, 1.54) is 46.9 Å². The third-order valence-electron chi connectivity index (χ3n) is 8.88. The van der Waals surface area contributed by atoms with E-state index in [9.17, 15) is 14.4 Å². The number of carboxylic acid groups (broad SMARTS) is 1. The van der Waals surface area contributed by atoms with Gasteiger partial charge in [0, 0.05) is 47.4 Å². The molecule has 0 radical (unpaired) electrons. The Bertz CT molecular complexity index is 1770. The van der Waals surface area contributed by atoms with Crippen LogP contribution >= 0.6 is 0 Å². The minimum atomic E-state index is -1.03. The highest BCUT2D eigenvalue weighted by molar-refractivity contribution is 6.03. The first-order chi connectivity index (χ1) is 22.4. The molecule has 46 heavy (non-hydrogen) atoms. The van der Waals surface area contributed by atoms with Crippen LogP contribution in [0.1, 0.15) is 59.5 Å². The van der Waals surface area contributed by atoms with Crippen LogP contribution in [-0.4, -0.2) is 65.8 Å². The van der Waals surface area contributed by atoms with Gasteiger partial charge in [0.05, 0.1) is 18.8 Å². The fourth-order valence-corrected chi connectivity index (χ4v) is 6.73. The Kier molecular flexibility index (Phi) is 9.49. The highest BCUT2D eigenvalue weighted by Gasteiger charge is 2.30. The van der Waals surface area contributed by atoms with Crippen molar-refractivity contribution in [2.75, 3.05) is 38.7 Å². The van der Waals surface area contributed by atoms with Gasteiger partial charge in [-0.25, -0.2) is 4.79 Å². The molecule has 2 aliphatic rings. The number of ether oxygens (including phenoxy) is 2. The number of carbonyl (C=O) groups is 3. The molecule has 6 rings (SSSR count). The van der Waals surface area contributed by atoms with Gasteiger partial charge in [-0.05, 0) is 72.4 Å². The van der Waals surface area contributed by atoms with Gasteiger partial charge in [0.2, 0.25) is 5.91 Å². The molecule has 2 N–H and O–H groups in total. The van der Waals surface area contributed by atoms with Gasteiger partial charge in [-0.2, -0.15) is 0 Å². The van der Waals surface area contributed by atoms with Gasteiger partial charge in [-0.3, -0.25) is 9.59 Å². The van der Waals surface area contributed by atoms with Crippen LogP contribution in [0.4, 0.5) is 5.69 Å². The Hall–Kier alpha value is -4.89. The Morgan fingerprint density at radius 1 is 1.04 bits per heavy atom. The summed E-state index contributed by atoms with van der Waals surface area (Å²) in [6.07, 6.45) is 8.53. The van der Waals surface area contributed by atoms with Crippen molar-refractivity contribution in [2.24, 2.45) is 0 Å². The predicted octanol–water partition coefficient (Wildman–Crippen LogP) is 6.57. The van der Waals surface area contributed by atoms with Gasteiger partial charge in [-0.1, -0.05) is 49.6 Å². The maximum absolute atomic E-state index is 14.0. The van der Waals surface area contributed by atoms with Crippen molar-refractivity contribution in [3.63, 3.8) is 0 Å². The molecular weight excluding hydrogens is 582 g/mol. The van der Waals surface area contributed by atoms with Crippen LogP contribution in [0, 0.1) is 0 Å². The van der Waals surface area contributed by atoms with Crippen molar-refractivity contribution in [3.8, 4) is 17.0 Å². The Morgan fingerprint density at radius 2 is 1.83 bits per heavy atom. The van der Waals surface area contributed by atoms with E-state index in [4.69, 9.17) is 14.6 Å². The first-order valence-electron chi connectivity index (χ1n) is 15.9. The lowest BCUT2D eigenvalue weighted by Crippen LogP contribution is -2.40. The largest absolute Gasteiger partial charge is 0.491 e. The molecule has 9 heteroatoms. The maximum Gasteiger partial charge on any atom is 0.328 e. The molecule has 9 nitrogen and oxygen atoms in total.